The summed E-state index contributed by atoms with van der Waals surface area (Å²) in [5.41, 5.74) is -1.99. The zero-order valence-corrected chi connectivity index (χ0v) is 28.0. The fraction of sp³-hybridized carbons (Fsp3) is 0.529. The Labute approximate surface area is 286 Å². The second-order valence-corrected chi connectivity index (χ2v) is 12.9. The summed E-state index contributed by atoms with van der Waals surface area (Å²) in [7, 11) is 1.60. The van der Waals surface area contributed by atoms with E-state index in [0.29, 0.717) is 61.8 Å². The third kappa shape index (κ3) is 9.46. The number of rotatable bonds is 12. The molecule has 3 N–H and O–H groups in total. The van der Waals surface area contributed by atoms with Crippen molar-refractivity contribution < 1.29 is 45.8 Å². The number of hydrogen-bond acceptors (Lipinski definition) is 8. The van der Waals surface area contributed by atoms with Crippen LogP contribution in [0.15, 0.2) is 49.4 Å². The van der Waals surface area contributed by atoms with Crippen molar-refractivity contribution in [3.05, 3.63) is 71.7 Å². The van der Waals surface area contributed by atoms with Crippen molar-refractivity contribution in [3.63, 3.8) is 0 Å². The lowest BCUT2D eigenvalue weighted by Gasteiger charge is -2.48. The fourth-order valence-corrected chi connectivity index (χ4v) is 6.67. The van der Waals surface area contributed by atoms with E-state index in [-0.39, 0.29) is 48.5 Å². The van der Waals surface area contributed by atoms with Crippen molar-refractivity contribution in [1.82, 2.24) is 19.9 Å². The van der Waals surface area contributed by atoms with E-state index in [1.54, 1.807) is 23.0 Å². The molecular formula is C34H42F6N6O4. The Kier molecular flexibility index (Phi) is 12.1. The second-order valence-electron chi connectivity index (χ2n) is 12.9. The Hall–Kier alpha value is -4.34. The molecule has 0 bridgehead atoms. The van der Waals surface area contributed by atoms with Crippen LogP contribution < -0.4 is 10.7 Å². The molecule has 1 aliphatic heterocycles. The van der Waals surface area contributed by atoms with E-state index < -0.39 is 47.7 Å². The van der Waals surface area contributed by atoms with Crippen LogP contribution in [0.1, 0.15) is 81.0 Å². The average molecular weight is 713 g/mol. The molecule has 1 saturated heterocycles. The van der Waals surface area contributed by atoms with Crippen LogP contribution in [0.2, 0.25) is 0 Å². The number of hydrogen-bond donors (Lipinski definition) is 2. The van der Waals surface area contributed by atoms with Crippen LogP contribution in [0, 0.1) is 5.92 Å². The topological polar surface area (TPSA) is 125 Å². The standard InChI is InChI=1S/C34H42F6N6O4/c1-5-22(19-44(4)41)23-16-42-31(43-17-23)45(18-21-8-24(33(35,36)37)13-25(9-21)34(38,39)40)28-14-26(6-2)46(27(7-3)15-28)32(49)50-29-10-20(11-29)12-30(47)48/h5,8-9,13,16-17,19-20,26-29H,1,6-7,10-12,14-15,18,41H2,2-4H3,(H,47,48)/b22-19+/t20?,26-,27+,28?,29?. The van der Waals surface area contributed by atoms with Gasteiger partial charge in [0.2, 0.25) is 5.95 Å². The van der Waals surface area contributed by atoms with Crippen LogP contribution in [0.3, 0.4) is 0 Å². The summed E-state index contributed by atoms with van der Waals surface area (Å²) < 4.78 is 88.5. The Bertz CT molecular complexity index is 1500. The lowest BCUT2D eigenvalue weighted by atomic mass is 9.80. The molecule has 4 rings (SSSR count). The summed E-state index contributed by atoms with van der Waals surface area (Å²) in [6.45, 7) is 7.14. The maximum atomic E-state index is 13.8. The number of amides is 1. The number of aromatic nitrogens is 2. The summed E-state index contributed by atoms with van der Waals surface area (Å²) in [4.78, 5) is 36.7. The molecule has 1 aromatic carbocycles. The highest BCUT2D eigenvalue weighted by Gasteiger charge is 2.43. The van der Waals surface area contributed by atoms with Gasteiger partial charge in [0.25, 0.3) is 0 Å². The molecule has 1 unspecified atom stereocenters. The number of carboxylic acids is 1. The zero-order chi connectivity index (χ0) is 37.0. The molecule has 2 heterocycles. The van der Waals surface area contributed by atoms with Crippen LogP contribution in [0.4, 0.5) is 37.1 Å². The first-order chi connectivity index (χ1) is 23.4. The number of halogens is 6. The SMILES string of the molecule is C=C/C(=C\N(C)N)c1cnc(N(Cc2cc(C(F)(F)F)cc(C(F)(F)F)c2)C2C[C@@H](CC)N(C(=O)OC3CC(CC(=O)O)C3)[C@@H](CC)C2)nc1. The summed E-state index contributed by atoms with van der Waals surface area (Å²) in [5.74, 6) is 4.84. The van der Waals surface area contributed by atoms with E-state index in [4.69, 9.17) is 15.7 Å². The number of nitrogens with zero attached hydrogens (tertiary/aromatic N) is 5. The summed E-state index contributed by atoms with van der Waals surface area (Å²) in [6.07, 6.45) is -2.45. The molecule has 16 heteroatoms. The van der Waals surface area contributed by atoms with Crippen molar-refractivity contribution in [2.45, 2.75) is 102 Å². The van der Waals surface area contributed by atoms with Gasteiger partial charge in [-0.25, -0.2) is 20.6 Å². The molecule has 1 aromatic heterocycles. The van der Waals surface area contributed by atoms with Crippen molar-refractivity contribution in [2.75, 3.05) is 11.9 Å². The molecule has 3 atom stereocenters. The van der Waals surface area contributed by atoms with Gasteiger partial charge < -0.3 is 24.7 Å². The molecule has 1 amide bonds. The molecule has 1 saturated carbocycles. The number of piperidine rings is 1. The van der Waals surface area contributed by atoms with E-state index in [9.17, 15) is 35.9 Å². The van der Waals surface area contributed by atoms with Gasteiger partial charge in [0.1, 0.15) is 6.10 Å². The second kappa shape index (κ2) is 15.7. The van der Waals surface area contributed by atoms with Gasteiger partial charge in [0.05, 0.1) is 11.1 Å². The van der Waals surface area contributed by atoms with Crippen LogP contribution in [0.25, 0.3) is 5.57 Å². The van der Waals surface area contributed by atoms with Gasteiger partial charge in [0.15, 0.2) is 0 Å². The van der Waals surface area contributed by atoms with Crippen LogP contribution in [-0.4, -0.2) is 68.3 Å². The van der Waals surface area contributed by atoms with Crippen molar-refractivity contribution in [3.8, 4) is 0 Å². The average Bonchev–Trinajstić information content (AvgIpc) is 3.03. The van der Waals surface area contributed by atoms with Crippen molar-refractivity contribution in [2.24, 2.45) is 11.8 Å². The molecule has 0 spiro atoms. The Balaban J connectivity index is 1.69. The number of allylic oxidation sites excluding steroid dienone is 2. The van der Waals surface area contributed by atoms with Gasteiger partial charge in [-0.05, 0) is 68.2 Å². The molecule has 2 fully saturated rings. The highest BCUT2D eigenvalue weighted by molar-refractivity contribution is 5.72. The number of alkyl halides is 6. The van der Waals surface area contributed by atoms with Gasteiger partial charge in [-0.3, -0.25) is 4.79 Å². The third-order valence-electron chi connectivity index (χ3n) is 9.18. The molecule has 2 aliphatic rings. The van der Waals surface area contributed by atoms with Crippen molar-refractivity contribution >= 4 is 23.6 Å². The Morgan fingerprint density at radius 2 is 1.54 bits per heavy atom. The lowest BCUT2D eigenvalue weighted by molar-refractivity contribution is -0.143. The van der Waals surface area contributed by atoms with E-state index in [1.165, 1.54) is 23.5 Å². The van der Waals surface area contributed by atoms with Crippen LogP contribution in [-0.2, 0) is 28.4 Å². The number of carbonyl (C=O) groups excluding carboxylic acids is 1. The maximum absolute atomic E-state index is 13.8. The van der Waals surface area contributed by atoms with E-state index in [1.807, 2.05) is 13.8 Å². The number of likely N-dealkylation sites (tertiary alicyclic amines) is 1. The Morgan fingerprint density at radius 3 is 1.98 bits per heavy atom. The maximum Gasteiger partial charge on any atom is 0.416 e. The highest BCUT2D eigenvalue weighted by Crippen LogP contribution is 2.39. The monoisotopic (exact) mass is 712 g/mol. The molecule has 0 radical (unpaired) electrons. The van der Waals surface area contributed by atoms with E-state index in [0.717, 1.165) is 0 Å². The van der Waals surface area contributed by atoms with Gasteiger partial charge in [0, 0.05) is 67.9 Å². The molecule has 274 valence electrons. The van der Waals surface area contributed by atoms with Gasteiger partial charge in [-0.15, -0.1) is 0 Å². The molecule has 2 aromatic rings. The fourth-order valence-electron chi connectivity index (χ4n) is 6.67. The number of hydrazine groups is 1. The van der Waals surface area contributed by atoms with Crippen LogP contribution in [0.5, 0.6) is 0 Å². The largest absolute Gasteiger partial charge is 0.481 e. The predicted molar refractivity (Wildman–Crippen MR) is 173 cm³/mol. The first kappa shape index (κ1) is 38.5. The molecule has 1 aliphatic carbocycles. The first-order valence-electron chi connectivity index (χ1n) is 16.3. The van der Waals surface area contributed by atoms with Gasteiger partial charge in [-0.2, -0.15) is 26.3 Å². The van der Waals surface area contributed by atoms with Gasteiger partial charge >= 0.3 is 24.4 Å². The summed E-state index contributed by atoms with van der Waals surface area (Å²) in [5, 5.41) is 10.3. The van der Waals surface area contributed by atoms with Crippen LogP contribution >= 0.6 is 0 Å². The zero-order valence-electron chi connectivity index (χ0n) is 28.0. The minimum Gasteiger partial charge on any atom is -0.481 e. The number of nitrogens with two attached hydrogens (primary N) is 1. The number of anilines is 1. The molecule has 50 heavy (non-hydrogen) atoms. The molecular weight excluding hydrogens is 670 g/mol. The quantitative estimate of drug-likeness (QED) is 0.101. The smallest absolute Gasteiger partial charge is 0.416 e. The van der Waals surface area contributed by atoms with Crippen molar-refractivity contribution in [1.29, 1.82) is 0 Å². The summed E-state index contributed by atoms with van der Waals surface area (Å²) in [6, 6.07) is 0.230. The van der Waals surface area contributed by atoms with Gasteiger partial charge in [-0.1, -0.05) is 26.5 Å². The normalized spacial score (nSPS) is 22.8. The minimum absolute atomic E-state index is 0.000894. The number of benzene rings is 1. The minimum atomic E-state index is -5.02. The number of carbonyl (C=O) groups is 2. The van der Waals surface area contributed by atoms with E-state index in [2.05, 4.69) is 16.5 Å². The number of ether oxygens (including phenoxy) is 1. The predicted octanol–water partition coefficient (Wildman–Crippen LogP) is 7.26. The molecule has 10 nitrogen and oxygen atoms in total. The highest BCUT2D eigenvalue weighted by atomic mass is 19.4. The Morgan fingerprint density at radius 1 is 1.00 bits per heavy atom. The summed E-state index contributed by atoms with van der Waals surface area (Å²) >= 11 is 0. The number of aliphatic carboxylic acids is 1. The lowest BCUT2D eigenvalue weighted by Crippen LogP contribution is -2.57. The third-order valence-corrected chi connectivity index (χ3v) is 9.18. The number of carboxylic acid groups (broad SMARTS) is 1. The first-order valence-corrected chi connectivity index (χ1v) is 16.3. The van der Waals surface area contributed by atoms with E-state index >= 15 is 0 Å².